The molecule has 2 N–H and O–H groups in total. The van der Waals surface area contributed by atoms with E-state index in [1.165, 1.54) is 17.0 Å². The standard InChI is InChI=1S/C22H26N4O4/c1-22(2,3)24-21(28)20-17-13-16(26(29)30)9-10-18(17)23-12-11-19(27)25(20)14-15-7-5-4-6-8-15/h4-10,13,20,23H,11-12,14H2,1-3H3,(H,24,28). The van der Waals surface area contributed by atoms with Crippen molar-refractivity contribution in [1.82, 2.24) is 10.2 Å². The number of carbonyl (C=O) groups excluding carboxylic acids is 2. The number of anilines is 1. The van der Waals surface area contributed by atoms with E-state index in [4.69, 9.17) is 0 Å². The molecule has 158 valence electrons. The highest BCUT2D eigenvalue weighted by molar-refractivity contribution is 5.91. The molecule has 0 spiro atoms. The number of carbonyl (C=O) groups is 2. The van der Waals surface area contributed by atoms with Gasteiger partial charge in [-0.05, 0) is 32.4 Å². The molecule has 2 aromatic rings. The first-order chi connectivity index (χ1) is 14.2. The summed E-state index contributed by atoms with van der Waals surface area (Å²) in [6.07, 6.45) is 0.211. The van der Waals surface area contributed by atoms with Gasteiger partial charge in [0.25, 0.3) is 5.69 Å². The SMILES string of the molecule is CC(C)(C)NC(=O)C1c2cc([N+](=O)[O-])ccc2NCCC(=O)N1Cc1ccccc1. The predicted octanol–water partition coefficient (Wildman–Crippen LogP) is 3.40. The van der Waals surface area contributed by atoms with Crippen LogP contribution in [0.3, 0.4) is 0 Å². The largest absolute Gasteiger partial charge is 0.384 e. The van der Waals surface area contributed by atoms with Gasteiger partial charge in [-0.15, -0.1) is 0 Å². The van der Waals surface area contributed by atoms with Crippen LogP contribution in [-0.2, 0) is 16.1 Å². The molecule has 8 heteroatoms. The Balaban J connectivity index is 2.14. The van der Waals surface area contributed by atoms with Crippen molar-refractivity contribution in [2.75, 3.05) is 11.9 Å². The monoisotopic (exact) mass is 410 g/mol. The summed E-state index contributed by atoms with van der Waals surface area (Å²) in [4.78, 5) is 38.8. The molecule has 1 heterocycles. The quantitative estimate of drug-likeness (QED) is 0.594. The topological polar surface area (TPSA) is 105 Å². The van der Waals surface area contributed by atoms with Gasteiger partial charge < -0.3 is 15.5 Å². The van der Waals surface area contributed by atoms with Gasteiger partial charge in [-0.1, -0.05) is 30.3 Å². The van der Waals surface area contributed by atoms with Gasteiger partial charge in [0, 0.05) is 48.4 Å². The van der Waals surface area contributed by atoms with Crippen LogP contribution in [0, 0.1) is 10.1 Å². The van der Waals surface area contributed by atoms with Crippen LogP contribution in [0.25, 0.3) is 0 Å². The molecule has 8 nitrogen and oxygen atoms in total. The number of nitro groups is 1. The molecule has 1 unspecified atom stereocenters. The molecule has 0 aliphatic carbocycles. The van der Waals surface area contributed by atoms with Crippen LogP contribution >= 0.6 is 0 Å². The van der Waals surface area contributed by atoms with Crippen molar-refractivity contribution in [3.63, 3.8) is 0 Å². The van der Waals surface area contributed by atoms with Crippen LogP contribution in [0.2, 0.25) is 0 Å². The van der Waals surface area contributed by atoms with Gasteiger partial charge in [0.05, 0.1) is 4.92 Å². The number of non-ortho nitro benzene ring substituents is 1. The van der Waals surface area contributed by atoms with Gasteiger partial charge in [0.15, 0.2) is 0 Å². The molecule has 0 fully saturated rings. The predicted molar refractivity (Wildman–Crippen MR) is 114 cm³/mol. The number of amides is 2. The van der Waals surface area contributed by atoms with Crippen molar-refractivity contribution in [3.8, 4) is 0 Å². The lowest BCUT2D eigenvalue weighted by molar-refractivity contribution is -0.384. The van der Waals surface area contributed by atoms with Crippen LogP contribution in [0.5, 0.6) is 0 Å². The summed E-state index contributed by atoms with van der Waals surface area (Å²) >= 11 is 0. The van der Waals surface area contributed by atoms with E-state index in [0.29, 0.717) is 17.8 Å². The Kier molecular flexibility index (Phi) is 6.05. The van der Waals surface area contributed by atoms with Crippen molar-refractivity contribution < 1.29 is 14.5 Å². The summed E-state index contributed by atoms with van der Waals surface area (Å²) in [5, 5.41) is 17.5. The van der Waals surface area contributed by atoms with Crippen LogP contribution in [-0.4, -0.2) is 33.7 Å². The van der Waals surface area contributed by atoms with E-state index in [1.807, 2.05) is 51.1 Å². The normalized spacial score (nSPS) is 16.7. The zero-order valence-corrected chi connectivity index (χ0v) is 17.3. The highest BCUT2D eigenvalue weighted by Gasteiger charge is 2.36. The average molecular weight is 410 g/mol. The Morgan fingerprint density at radius 2 is 1.93 bits per heavy atom. The fourth-order valence-corrected chi connectivity index (χ4v) is 3.49. The maximum Gasteiger partial charge on any atom is 0.269 e. The summed E-state index contributed by atoms with van der Waals surface area (Å²) in [5.74, 6) is -0.574. The van der Waals surface area contributed by atoms with E-state index in [0.717, 1.165) is 5.56 Å². The molecule has 1 aliphatic rings. The molecule has 1 aliphatic heterocycles. The Bertz CT molecular complexity index is 953. The molecule has 0 radical (unpaired) electrons. The Hall–Kier alpha value is -3.42. The lowest BCUT2D eigenvalue weighted by Crippen LogP contribution is -2.50. The summed E-state index contributed by atoms with van der Waals surface area (Å²) in [6.45, 7) is 6.16. The molecule has 30 heavy (non-hydrogen) atoms. The van der Waals surface area contributed by atoms with Crippen molar-refractivity contribution >= 4 is 23.2 Å². The lowest BCUT2D eigenvalue weighted by atomic mass is 9.97. The second-order valence-electron chi connectivity index (χ2n) is 8.35. The van der Waals surface area contributed by atoms with E-state index in [1.54, 1.807) is 6.07 Å². The highest BCUT2D eigenvalue weighted by Crippen LogP contribution is 2.34. The first-order valence-electron chi connectivity index (χ1n) is 9.83. The molecule has 0 aromatic heterocycles. The fourth-order valence-electron chi connectivity index (χ4n) is 3.49. The third-order valence-corrected chi connectivity index (χ3v) is 4.77. The third-order valence-electron chi connectivity index (χ3n) is 4.77. The molecule has 3 rings (SSSR count). The molecule has 0 saturated heterocycles. The lowest BCUT2D eigenvalue weighted by Gasteiger charge is -2.36. The van der Waals surface area contributed by atoms with Gasteiger partial charge in [-0.25, -0.2) is 0 Å². The molecule has 2 aromatic carbocycles. The number of hydrogen-bond donors (Lipinski definition) is 2. The zero-order chi connectivity index (χ0) is 21.9. The van der Waals surface area contributed by atoms with Gasteiger partial charge in [-0.3, -0.25) is 19.7 Å². The first-order valence-corrected chi connectivity index (χ1v) is 9.83. The summed E-state index contributed by atoms with van der Waals surface area (Å²) in [6, 6.07) is 12.8. The second kappa shape index (κ2) is 8.52. The molecule has 0 saturated carbocycles. The van der Waals surface area contributed by atoms with E-state index >= 15 is 0 Å². The van der Waals surface area contributed by atoms with Gasteiger partial charge in [0.1, 0.15) is 6.04 Å². The number of fused-ring (bicyclic) bond motifs is 1. The Morgan fingerprint density at radius 3 is 2.57 bits per heavy atom. The second-order valence-corrected chi connectivity index (χ2v) is 8.35. The van der Waals surface area contributed by atoms with Crippen molar-refractivity contribution in [2.24, 2.45) is 0 Å². The first kappa shape index (κ1) is 21.3. The van der Waals surface area contributed by atoms with Crippen molar-refractivity contribution in [2.45, 2.75) is 45.3 Å². The van der Waals surface area contributed by atoms with Gasteiger partial charge in [0.2, 0.25) is 11.8 Å². The minimum atomic E-state index is -1.00. The number of nitrogens with zero attached hydrogens (tertiary/aromatic N) is 2. The van der Waals surface area contributed by atoms with Crippen LogP contribution in [0.4, 0.5) is 11.4 Å². The van der Waals surface area contributed by atoms with Gasteiger partial charge >= 0.3 is 0 Å². The summed E-state index contributed by atoms with van der Waals surface area (Å²) in [5.41, 5.74) is 1.24. The minimum absolute atomic E-state index is 0.128. The Labute approximate surface area is 175 Å². The van der Waals surface area contributed by atoms with E-state index in [9.17, 15) is 19.7 Å². The highest BCUT2D eigenvalue weighted by atomic mass is 16.6. The zero-order valence-electron chi connectivity index (χ0n) is 17.3. The van der Waals surface area contributed by atoms with E-state index in [-0.39, 0.29) is 30.5 Å². The van der Waals surface area contributed by atoms with E-state index < -0.39 is 16.5 Å². The maximum absolute atomic E-state index is 13.4. The maximum atomic E-state index is 13.4. The number of hydrogen-bond acceptors (Lipinski definition) is 5. The van der Waals surface area contributed by atoms with Gasteiger partial charge in [-0.2, -0.15) is 0 Å². The summed E-state index contributed by atoms with van der Waals surface area (Å²) < 4.78 is 0. The number of nitrogens with one attached hydrogen (secondary N) is 2. The molecular formula is C22H26N4O4. The third kappa shape index (κ3) is 4.94. The van der Waals surface area contributed by atoms with Crippen LogP contribution in [0.15, 0.2) is 48.5 Å². The average Bonchev–Trinajstić information content (AvgIpc) is 2.66. The van der Waals surface area contributed by atoms with Crippen molar-refractivity contribution in [3.05, 3.63) is 69.8 Å². The molecule has 2 amide bonds. The van der Waals surface area contributed by atoms with E-state index in [2.05, 4.69) is 10.6 Å². The molecule has 1 atom stereocenters. The van der Waals surface area contributed by atoms with Crippen LogP contribution < -0.4 is 10.6 Å². The number of rotatable bonds is 4. The Morgan fingerprint density at radius 1 is 1.23 bits per heavy atom. The van der Waals surface area contributed by atoms with Crippen LogP contribution in [0.1, 0.15) is 44.4 Å². The minimum Gasteiger partial charge on any atom is -0.384 e. The van der Waals surface area contributed by atoms with Crippen molar-refractivity contribution in [1.29, 1.82) is 0 Å². The number of benzene rings is 2. The molecule has 0 bridgehead atoms. The summed E-state index contributed by atoms with van der Waals surface area (Å²) in [7, 11) is 0. The smallest absolute Gasteiger partial charge is 0.269 e. The molecular weight excluding hydrogens is 384 g/mol. The number of nitro benzene ring substituents is 1. The fraction of sp³-hybridized carbons (Fsp3) is 0.364.